The summed E-state index contributed by atoms with van der Waals surface area (Å²) in [5.74, 6) is 1.20. The van der Waals surface area contributed by atoms with Gasteiger partial charge in [0.05, 0.1) is 6.04 Å². The molecule has 1 N–H and O–H groups in total. The average Bonchev–Trinajstić information content (AvgIpc) is 3.05. The lowest BCUT2D eigenvalue weighted by molar-refractivity contribution is 0.0225. The largest absolute Gasteiger partial charge is 0.419 e. The summed E-state index contributed by atoms with van der Waals surface area (Å²) in [7, 11) is 0. The van der Waals surface area contributed by atoms with Gasteiger partial charge in [0.25, 0.3) is 0 Å². The van der Waals surface area contributed by atoms with Crippen LogP contribution in [-0.4, -0.2) is 39.9 Å². The second kappa shape index (κ2) is 6.18. The first-order valence-corrected chi connectivity index (χ1v) is 7.85. The second-order valence-electron chi connectivity index (χ2n) is 6.53. The maximum Gasteiger partial charge on any atom is 0.247 e. The standard InChI is InChI=1S/C17H23N3O2/c1-13(20-10-6-9-17(2,11-20)12-21)15-18-19-16(22-15)14-7-4-3-5-8-14/h3-5,7-8,13,21H,6,9-12H2,1-2H3. The summed E-state index contributed by atoms with van der Waals surface area (Å²) >= 11 is 0. The van der Waals surface area contributed by atoms with E-state index in [0.29, 0.717) is 11.8 Å². The van der Waals surface area contributed by atoms with Crippen molar-refractivity contribution in [2.45, 2.75) is 32.7 Å². The molecular weight excluding hydrogens is 278 g/mol. The fourth-order valence-corrected chi connectivity index (χ4v) is 3.07. The molecule has 0 radical (unpaired) electrons. The Morgan fingerprint density at radius 1 is 1.32 bits per heavy atom. The van der Waals surface area contributed by atoms with Gasteiger partial charge < -0.3 is 9.52 Å². The first kappa shape index (κ1) is 15.2. The molecule has 0 bridgehead atoms. The lowest BCUT2D eigenvalue weighted by Crippen LogP contribution is -2.44. The fraction of sp³-hybridized carbons (Fsp3) is 0.529. The van der Waals surface area contributed by atoms with Crippen LogP contribution in [-0.2, 0) is 0 Å². The summed E-state index contributed by atoms with van der Waals surface area (Å²) < 4.78 is 5.86. The lowest BCUT2D eigenvalue weighted by atomic mass is 9.82. The molecule has 2 heterocycles. The molecule has 1 aliphatic rings. The van der Waals surface area contributed by atoms with Crippen LogP contribution in [0.1, 0.15) is 38.6 Å². The number of hydrogen-bond acceptors (Lipinski definition) is 5. The van der Waals surface area contributed by atoms with Crippen LogP contribution in [0, 0.1) is 5.41 Å². The van der Waals surface area contributed by atoms with E-state index in [1.807, 2.05) is 30.3 Å². The number of rotatable bonds is 4. The molecule has 22 heavy (non-hydrogen) atoms. The van der Waals surface area contributed by atoms with E-state index in [1.54, 1.807) is 0 Å². The Morgan fingerprint density at radius 2 is 2.09 bits per heavy atom. The molecular formula is C17H23N3O2. The summed E-state index contributed by atoms with van der Waals surface area (Å²) in [5.41, 5.74) is 0.904. The van der Waals surface area contributed by atoms with Crippen molar-refractivity contribution in [1.82, 2.24) is 15.1 Å². The van der Waals surface area contributed by atoms with E-state index in [1.165, 1.54) is 0 Å². The van der Waals surface area contributed by atoms with Crippen LogP contribution in [0.25, 0.3) is 11.5 Å². The molecule has 2 atom stereocenters. The number of aliphatic hydroxyl groups excluding tert-OH is 1. The van der Waals surface area contributed by atoms with E-state index < -0.39 is 0 Å². The summed E-state index contributed by atoms with van der Waals surface area (Å²) in [4.78, 5) is 2.32. The minimum Gasteiger partial charge on any atom is -0.419 e. The summed E-state index contributed by atoms with van der Waals surface area (Å²) in [6.45, 7) is 6.29. The second-order valence-corrected chi connectivity index (χ2v) is 6.53. The molecule has 1 fully saturated rings. The van der Waals surface area contributed by atoms with Gasteiger partial charge in [-0.2, -0.15) is 0 Å². The molecule has 5 nitrogen and oxygen atoms in total. The first-order chi connectivity index (χ1) is 10.6. The molecule has 0 amide bonds. The van der Waals surface area contributed by atoms with Crippen LogP contribution in [0.2, 0.25) is 0 Å². The van der Waals surface area contributed by atoms with Crippen molar-refractivity contribution in [3.8, 4) is 11.5 Å². The maximum atomic E-state index is 9.60. The van der Waals surface area contributed by atoms with E-state index in [4.69, 9.17) is 4.42 Å². The molecule has 1 aromatic heterocycles. The van der Waals surface area contributed by atoms with Crippen LogP contribution in [0.15, 0.2) is 34.7 Å². The molecule has 0 saturated carbocycles. The highest BCUT2D eigenvalue weighted by Gasteiger charge is 2.34. The zero-order valence-electron chi connectivity index (χ0n) is 13.2. The number of likely N-dealkylation sites (tertiary alicyclic amines) is 1. The molecule has 0 aliphatic carbocycles. The van der Waals surface area contributed by atoms with Crippen LogP contribution in [0.4, 0.5) is 0 Å². The Hall–Kier alpha value is -1.72. The molecule has 1 aliphatic heterocycles. The normalized spacial score (nSPS) is 24.3. The molecule has 3 rings (SSSR count). The molecule has 118 valence electrons. The Bertz CT molecular complexity index is 613. The molecule has 1 saturated heterocycles. The van der Waals surface area contributed by atoms with E-state index in [0.717, 1.165) is 31.5 Å². The smallest absolute Gasteiger partial charge is 0.247 e. The summed E-state index contributed by atoms with van der Waals surface area (Å²) in [5, 5.41) is 18.0. The monoisotopic (exact) mass is 301 g/mol. The van der Waals surface area contributed by atoms with E-state index in [2.05, 4.69) is 28.9 Å². The quantitative estimate of drug-likeness (QED) is 0.941. The Balaban J connectivity index is 1.75. The predicted octanol–water partition coefficient (Wildman–Crippen LogP) is 2.89. The van der Waals surface area contributed by atoms with E-state index >= 15 is 0 Å². The maximum absolute atomic E-state index is 9.60. The molecule has 2 unspecified atom stereocenters. The van der Waals surface area contributed by atoms with Crippen LogP contribution in [0.3, 0.4) is 0 Å². The van der Waals surface area contributed by atoms with Gasteiger partial charge in [0.15, 0.2) is 0 Å². The Kier molecular flexibility index (Phi) is 4.27. The SMILES string of the molecule is CC(c1nnc(-c2ccccc2)o1)N1CCCC(C)(CO)C1. The van der Waals surface area contributed by atoms with Gasteiger partial charge in [-0.3, -0.25) is 4.90 Å². The predicted molar refractivity (Wildman–Crippen MR) is 84.1 cm³/mol. The van der Waals surface area contributed by atoms with Crippen molar-refractivity contribution in [2.75, 3.05) is 19.7 Å². The molecule has 0 spiro atoms. The van der Waals surface area contributed by atoms with Gasteiger partial charge in [0, 0.05) is 24.1 Å². The zero-order valence-corrected chi connectivity index (χ0v) is 13.2. The fourth-order valence-electron chi connectivity index (χ4n) is 3.07. The van der Waals surface area contributed by atoms with Gasteiger partial charge in [-0.25, -0.2) is 0 Å². The number of benzene rings is 1. The molecule has 2 aromatic rings. The third kappa shape index (κ3) is 3.05. The van der Waals surface area contributed by atoms with Crippen molar-refractivity contribution < 1.29 is 9.52 Å². The third-order valence-electron chi connectivity index (χ3n) is 4.56. The minimum absolute atomic E-state index is 0.0329. The van der Waals surface area contributed by atoms with Gasteiger partial charge in [0.1, 0.15) is 0 Å². The Labute approximate surface area is 131 Å². The number of aliphatic hydroxyl groups is 1. The number of aromatic nitrogens is 2. The van der Waals surface area contributed by atoms with Crippen LogP contribution < -0.4 is 0 Å². The lowest BCUT2D eigenvalue weighted by Gasteiger charge is -2.41. The highest BCUT2D eigenvalue weighted by Crippen LogP contribution is 2.33. The van der Waals surface area contributed by atoms with Crippen molar-refractivity contribution in [1.29, 1.82) is 0 Å². The number of piperidine rings is 1. The van der Waals surface area contributed by atoms with Gasteiger partial charge in [-0.1, -0.05) is 25.1 Å². The highest BCUT2D eigenvalue weighted by atomic mass is 16.4. The van der Waals surface area contributed by atoms with Crippen molar-refractivity contribution in [2.24, 2.45) is 5.41 Å². The van der Waals surface area contributed by atoms with E-state index in [9.17, 15) is 5.11 Å². The van der Waals surface area contributed by atoms with E-state index in [-0.39, 0.29) is 18.1 Å². The third-order valence-corrected chi connectivity index (χ3v) is 4.56. The number of hydrogen-bond donors (Lipinski definition) is 1. The van der Waals surface area contributed by atoms with Crippen molar-refractivity contribution in [3.63, 3.8) is 0 Å². The van der Waals surface area contributed by atoms with Gasteiger partial charge >= 0.3 is 0 Å². The van der Waals surface area contributed by atoms with Crippen molar-refractivity contribution >= 4 is 0 Å². The van der Waals surface area contributed by atoms with Gasteiger partial charge in [-0.15, -0.1) is 10.2 Å². The van der Waals surface area contributed by atoms with Crippen molar-refractivity contribution in [3.05, 3.63) is 36.2 Å². The minimum atomic E-state index is -0.0329. The average molecular weight is 301 g/mol. The first-order valence-electron chi connectivity index (χ1n) is 7.85. The topological polar surface area (TPSA) is 62.4 Å². The zero-order chi connectivity index (χ0) is 15.6. The summed E-state index contributed by atoms with van der Waals surface area (Å²) in [6.07, 6.45) is 2.15. The summed E-state index contributed by atoms with van der Waals surface area (Å²) in [6, 6.07) is 9.88. The molecule has 1 aromatic carbocycles. The number of nitrogens with zero attached hydrogens (tertiary/aromatic N) is 3. The van der Waals surface area contributed by atoms with Crippen LogP contribution in [0.5, 0.6) is 0 Å². The highest BCUT2D eigenvalue weighted by molar-refractivity contribution is 5.51. The van der Waals surface area contributed by atoms with Gasteiger partial charge in [-0.05, 0) is 38.4 Å². The van der Waals surface area contributed by atoms with Crippen LogP contribution >= 0.6 is 0 Å². The molecule has 5 heteroatoms. The van der Waals surface area contributed by atoms with Gasteiger partial charge in [0.2, 0.25) is 11.8 Å². The Morgan fingerprint density at radius 3 is 2.82 bits per heavy atom.